The van der Waals surface area contributed by atoms with Crippen LogP contribution in [0.15, 0.2) is 11.0 Å². The van der Waals surface area contributed by atoms with Crippen molar-refractivity contribution in [2.75, 3.05) is 0 Å². The van der Waals surface area contributed by atoms with Gasteiger partial charge in [-0.15, -0.1) is 0 Å². The zero-order valence-electron chi connectivity index (χ0n) is 7.74. The maximum atomic E-state index is 12.3. The van der Waals surface area contributed by atoms with Gasteiger partial charge < -0.3 is 10.7 Å². The lowest BCUT2D eigenvalue weighted by Crippen LogP contribution is -2.26. The summed E-state index contributed by atoms with van der Waals surface area (Å²) in [6.45, 7) is -0.682. The highest BCUT2D eigenvalue weighted by Gasteiger charge is 2.35. The van der Waals surface area contributed by atoms with E-state index in [1.54, 1.807) is 4.98 Å². The molecule has 0 aliphatic heterocycles. The van der Waals surface area contributed by atoms with E-state index in [9.17, 15) is 26.7 Å². The average molecular weight is 242 g/mol. The van der Waals surface area contributed by atoms with E-state index in [-0.39, 0.29) is 6.20 Å². The molecule has 0 bridgehead atoms. The Morgan fingerprint density at radius 2 is 1.94 bits per heavy atom. The van der Waals surface area contributed by atoms with Gasteiger partial charge in [-0.2, -0.15) is 13.2 Å². The van der Waals surface area contributed by atoms with E-state index in [1.165, 1.54) is 0 Å². The predicted molar refractivity (Wildman–Crippen MR) is 44.9 cm³/mol. The molecule has 1 aromatic rings. The van der Waals surface area contributed by atoms with Crippen molar-refractivity contribution in [3.8, 4) is 0 Å². The Hall–Kier alpha value is -1.44. The zero-order valence-corrected chi connectivity index (χ0v) is 7.74. The number of nitrogens with one attached hydrogen (secondary N) is 1. The van der Waals surface area contributed by atoms with Gasteiger partial charge in [0.25, 0.3) is 6.43 Å². The van der Waals surface area contributed by atoms with Crippen LogP contribution in [0.5, 0.6) is 0 Å². The Morgan fingerprint density at radius 3 is 2.31 bits per heavy atom. The van der Waals surface area contributed by atoms with Crippen LogP contribution in [0.2, 0.25) is 0 Å². The molecule has 1 aromatic heterocycles. The number of aromatic amines is 1. The first kappa shape index (κ1) is 12.6. The second kappa shape index (κ2) is 4.20. The molecule has 0 saturated carbocycles. The predicted octanol–water partition coefficient (Wildman–Crippen LogP) is 1.79. The first-order valence-electron chi connectivity index (χ1n) is 4.09. The Bertz CT molecular complexity index is 437. The van der Waals surface area contributed by atoms with Crippen LogP contribution < -0.4 is 11.2 Å². The molecule has 1 rings (SSSR count). The average Bonchev–Trinajstić information content (AvgIpc) is 2.14. The number of pyridine rings is 1. The van der Waals surface area contributed by atoms with Crippen LogP contribution in [0.4, 0.5) is 22.0 Å². The molecule has 0 spiro atoms. The Kier molecular flexibility index (Phi) is 3.32. The molecule has 0 aromatic carbocycles. The molecule has 0 amide bonds. The number of hydrogen-bond acceptors (Lipinski definition) is 2. The van der Waals surface area contributed by atoms with E-state index in [1.807, 2.05) is 0 Å². The van der Waals surface area contributed by atoms with Crippen molar-refractivity contribution in [3.63, 3.8) is 0 Å². The van der Waals surface area contributed by atoms with E-state index in [2.05, 4.69) is 0 Å². The molecule has 0 saturated heterocycles. The summed E-state index contributed by atoms with van der Waals surface area (Å²) in [5.74, 6) is 0. The van der Waals surface area contributed by atoms with Crippen molar-refractivity contribution in [2.45, 2.75) is 19.1 Å². The largest absolute Gasteiger partial charge is 0.421 e. The fourth-order valence-electron chi connectivity index (χ4n) is 1.20. The van der Waals surface area contributed by atoms with Crippen molar-refractivity contribution in [1.29, 1.82) is 0 Å². The smallest absolute Gasteiger partial charge is 0.359 e. The van der Waals surface area contributed by atoms with Crippen LogP contribution in [0.3, 0.4) is 0 Å². The fraction of sp³-hybridized carbons (Fsp3) is 0.375. The molecular weight excluding hydrogens is 235 g/mol. The molecule has 3 nitrogen and oxygen atoms in total. The minimum atomic E-state index is -4.89. The maximum absolute atomic E-state index is 12.3. The number of alkyl halides is 5. The van der Waals surface area contributed by atoms with Crippen molar-refractivity contribution in [3.05, 3.63) is 33.2 Å². The van der Waals surface area contributed by atoms with E-state index in [4.69, 9.17) is 5.73 Å². The lowest BCUT2D eigenvalue weighted by atomic mass is 10.1. The lowest BCUT2D eigenvalue weighted by molar-refractivity contribution is -0.138. The highest BCUT2D eigenvalue weighted by atomic mass is 19.4. The van der Waals surface area contributed by atoms with Crippen LogP contribution in [-0.4, -0.2) is 4.98 Å². The van der Waals surface area contributed by atoms with Crippen LogP contribution in [0.25, 0.3) is 0 Å². The molecule has 3 N–H and O–H groups in total. The van der Waals surface area contributed by atoms with Crippen LogP contribution in [-0.2, 0) is 12.7 Å². The van der Waals surface area contributed by atoms with Gasteiger partial charge in [0.15, 0.2) is 5.43 Å². The topological polar surface area (TPSA) is 58.9 Å². The number of hydrogen-bond donors (Lipinski definition) is 2. The minimum Gasteiger partial charge on any atom is -0.359 e. The number of aromatic nitrogens is 1. The number of H-pyrrole nitrogens is 1. The summed E-state index contributed by atoms with van der Waals surface area (Å²) in [6.07, 6.45) is -7.74. The number of nitrogens with two attached hydrogens (primary N) is 1. The third kappa shape index (κ3) is 2.21. The molecule has 16 heavy (non-hydrogen) atoms. The van der Waals surface area contributed by atoms with Crippen LogP contribution >= 0.6 is 0 Å². The molecule has 8 heteroatoms. The summed E-state index contributed by atoms with van der Waals surface area (Å²) in [6, 6.07) is 0. The Labute approximate surface area is 86.1 Å². The van der Waals surface area contributed by atoms with Gasteiger partial charge in [-0.3, -0.25) is 4.79 Å². The minimum absolute atomic E-state index is 0.225. The molecular formula is C8H7F5N2O. The molecule has 0 atom stereocenters. The summed E-state index contributed by atoms with van der Waals surface area (Å²) in [7, 11) is 0. The summed E-state index contributed by atoms with van der Waals surface area (Å²) in [5, 5.41) is 0. The third-order valence-corrected chi connectivity index (χ3v) is 1.94. The van der Waals surface area contributed by atoms with E-state index in [0.29, 0.717) is 0 Å². The summed E-state index contributed by atoms with van der Waals surface area (Å²) in [4.78, 5) is 13.0. The molecule has 0 aliphatic rings. The monoisotopic (exact) mass is 242 g/mol. The SMILES string of the molecule is NCc1c(C(F)F)[nH]cc(C(F)(F)F)c1=O. The second-order valence-corrected chi connectivity index (χ2v) is 2.93. The lowest BCUT2D eigenvalue weighted by Gasteiger charge is -2.10. The summed E-state index contributed by atoms with van der Waals surface area (Å²) < 4.78 is 61.4. The van der Waals surface area contributed by atoms with Gasteiger partial charge in [-0.05, 0) is 0 Å². The van der Waals surface area contributed by atoms with E-state index >= 15 is 0 Å². The normalized spacial score (nSPS) is 12.2. The number of rotatable bonds is 2. The Morgan fingerprint density at radius 1 is 1.38 bits per heavy atom. The van der Waals surface area contributed by atoms with E-state index in [0.717, 1.165) is 0 Å². The third-order valence-electron chi connectivity index (χ3n) is 1.94. The van der Waals surface area contributed by atoms with Crippen molar-refractivity contribution in [1.82, 2.24) is 4.98 Å². The zero-order chi connectivity index (χ0) is 12.5. The van der Waals surface area contributed by atoms with Crippen molar-refractivity contribution >= 4 is 0 Å². The first-order valence-corrected chi connectivity index (χ1v) is 4.09. The van der Waals surface area contributed by atoms with Gasteiger partial charge in [0.2, 0.25) is 0 Å². The van der Waals surface area contributed by atoms with Gasteiger partial charge in [0, 0.05) is 18.3 Å². The van der Waals surface area contributed by atoms with Gasteiger partial charge in [0.1, 0.15) is 5.56 Å². The fourth-order valence-corrected chi connectivity index (χ4v) is 1.20. The summed E-state index contributed by atoms with van der Waals surface area (Å²) in [5.41, 5.74) is 0.320. The maximum Gasteiger partial charge on any atom is 0.421 e. The molecule has 0 unspecified atom stereocenters. The molecule has 0 aliphatic carbocycles. The van der Waals surface area contributed by atoms with Crippen molar-refractivity contribution < 1.29 is 22.0 Å². The highest BCUT2D eigenvalue weighted by molar-refractivity contribution is 5.28. The molecule has 1 heterocycles. The van der Waals surface area contributed by atoms with Crippen LogP contribution in [0.1, 0.15) is 23.2 Å². The van der Waals surface area contributed by atoms with Crippen molar-refractivity contribution in [2.24, 2.45) is 5.73 Å². The quantitative estimate of drug-likeness (QED) is 0.777. The highest BCUT2D eigenvalue weighted by Crippen LogP contribution is 2.28. The molecule has 0 fully saturated rings. The van der Waals surface area contributed by atoms with Gasteiger partial charge >= 0.3 is 6.18 Å². The molecule has 0 radical (unpaired) electrons. The first-order chi connectivity index (χ1) is 7.29. The second-order valence-electron chi connectivity index (χ2n) is 2.93. The van der Waals surface area contributed by atoms with Gasteiger partial charge in [-0.25, -0.2) is 8.78 Å². The van der Waals surface area contributed by atoms with Crippen LogP contribution in [0, 0.1) is 0 Å². The molecule has 90 valence electrons. The Balaban J connectivity index is 3.47. The summed E-state index contributed by atoms with van der Waals surface area (Å²) >= 11 is 0. The number of halogens is 5. The standard InChI is InChI=1S/C8H7F5N2O/c9-7(10)5-3(1-14)6(16)4(2-15-5)8(11,12)13/h2,7H,1,14H2,(H,15,16). The van der Waals surface area contributed by atoms with Gasteiger partial charge in [0.05, 0.1) is 5.69 Å². The van der Waals surface area contributed by atoms with E-state index < -0.39 is 41.4 Å². The van der Waals surface area contributed by atoms with Gasteiger partial charge in [-0.1, -0.05) is 0 Å².